The van der Waals surface area contributed by atoms with Gasteiger partial charge in [-0.25, -0.2) is 16.3 Å². The second-order valence-electron chi connectivity index (χ2n) is 11.0. The van der Waals surface area contributed by atoms with Crippen LogP contribution in [0.1, 0.15) is 55.2 Å². The van der Waals surface area contributed by atoms with Gasteiger partial charge >= 0.3 is 0 Å². The van der Waals surface area contributed by atoms with E-state index in [2.05, 4.69) is 86.8 Å². The zero-order valence-electron chi connectivity index (χ0n) is 20.7. The van der Waals surface area contributed by atoms with Crippen molar-refractivity contribution in [2.75, 3.05) is 31.8 Å². The smallest absolute Gasteiger partial charge is 0.251 e. The number of nitrogens with zero attached hydrogens (tertiary/aromatic N) is 2. The van der Waals surface area contributed by atoms with Crippen LogP contribution in [-0.2, 0) is 9.53 Å². The van der Waals surface area contributed by atoms with E-state index in [0.717, 1.165) is 45.4 Å². The van der Waals surface area contributed by atoms with Crippen LogP contribution < -0.4 is 32.4 Å². The van der Waals surface area contributed by atoms with Gasteiger partial charge in [0.2, 0.25) is 0 Å². The minimum atomic E-state index is -0.188. The summed E-state index contributed by atoms with van der Waals surface area (Å²) in [6, 6.07) is 16.0. The Labute approximate surface area is 211 Å². The average Bonchev–Trinajstić information content (AvgIpc) is 3.41. The van der Waals surface area contributed by atoms with Gasteiger partial charge in [-0.3, -0.25) is 4.79 Å². The number of nitrogens with one attached hydrogen (secondary N) is 5. The Bertz CT molecular complexity index is 1140. The Morgan fingerprint density at radius 1 is 1.03 bits per heavy atom. The highest BCUT2D eigenvalue weighted by Crippen LogP contribution is 2.65. The predicted molar refractivity (Wildman–Crippen MR) is 137 cm³/mol. The first-order valence-electron chi connectivity index (χ1n) is 13.3. The van der Waals surface area contributed by atoms with Crippen LogP contribution in [0.5, 0.6) is 0 Å². The summed E-state index contributed by atoms with van der Waals surface area (Å²) in [5.41, 5.74) is 22.5. The SMILES string of the molecule is CN1NC(C2NNNN2)c2ccc(-c3ccc([C@@H]4CC45CCN(C(=O)[C@H]4CCCO4)CC5)cc3)cc21. The number of hydrogen-bond donors (Lipinski definition) is 5. The lowest BCUT2D eigenvalue weighted by Crippen LogP contribution is -2.46. The van der Waals surface area contributed by atoms with E-state index >= 15 is 0 Å². The summed E-state index contributed by atoms with van der Waals surface area (Å²) >= 11 is 0. The lowest BCUT2D eigenvalue weighted by Gasteiger charge is -2.34. The number of ether oxygens (including phenoxy) is 1. The fourth-order valence-electron chi connectivity index (χ4n) is 6.74. The molecule has 190 valence electrons. The second-order valence-corrected chi connectivity index (χ2v) is 11.0. The minimum Gasteiger partial charge on any atom is -0.368 e. The minimum absolute atomic E-state index is 0.0470. The van der Waals surface area contributed by atoms with Crippen LogP contribution in [0, 0.1) is 5.41 Å². The average molecular weight is 490 g/mol. The molecule has 2 aromatic carbocycles. The van der Waals surface area contributed by atoms with Crippen molar-refractivity contribution in [3.63, 3.8) is 0 Å². The van der Waals surface area contributed by atoms with Gasteiger partial charge in [0, 0.05) is 26.7 Å². The first-order chi connectivity index (χ1) is 17.6. The molecule has 3 atom stereocenters. The maximum Gasteiger partial charge on any atom is 0.251 e. The number of piperidine rings is 1. The van der Waals surface area contributed by atoms with Crippen LogP contribution in [0.4, 0.5) is 5.69 Å². The highest BCUT2D eigenvalue weighted by molar-refractivity contribution is 5.81. The van der Waals surface area contributed by atoms with E-state index in [4.69, 9.17) is 4.74 Å². The molecular weight excluding hydrogens is 454 g/mol. The number of carbonyl (C=O) groups excluding carboxylic acids is 1. The molecule has 4 aliphatic heterocycles. The third-order valence-corrected chi connectivity index (χ3v) is 9.02. The maximum absolute atomic E-state index is 12.7. The van der Waals surface area contributed by atoms with Crippen LogP contribution >= 0.6 is 0 Å². The molecule has 3 saturated heterocycles. The van der Waals surface area contributed by atoms with Crippen molar-refractivity contribution in [1.82, 2.24) is 32.2 Å². The number of likely N-dealkylation sites (tertiary alicyclic amines) is 1. The highest BCUT2D eigenvalue weighted by Gasteiger charge is 2.55. The number of benzene rings is 2. The zero-order chi connectivity index (χ0) is 24.3. The Morgan fingerprint density at radius 3 is 2.50 bits per heavy atom. The third-order valence-electron chi connectivity index (χ3n) is 9.02. The number of amides is 1. The van der Waals surface area contributed by atoms with E-state index in [1.54, 1.807) is 0 Å². The van der Waals surface area contributed by atoms with Gasteiger partial charge in [0.25, 0.3) is 5.91 Å². The summed E-state index contributed by atoms with van der Waals surface area (Å²) in [6.45, 7) is 2.49. The Kier molecular flexibility index (Phi) is 5.53. The largest absolute Gasteiger partial charge is 0.368 e. The Morgan fingerprint density at radius 2 is 1.78 bits per heavy atom. The Hall–Kier alpha value is -2.53. The van der Waals surface area contributed by atoms with Crippen molar-refractivity contribution < 1.29 is 9.53 Å². The first-order valence-corrected chi connectivity index (χ1v) is 13.3. The van der Waals surface area contributed by atoms with Crippen molar-refractivity contribution in [1.29, 1.82) is 0 Å². The maximum atomic E-state index is 12.7. The van der Waals surface area contributed by atoms with E-state index in [1.165, 1.54) is 34.4 Å². The van der Waals surface area contributed by atoms with Gasteiger partial charge in [-0.15, -0.1) is 0 Å². The lowest BCUT2D eigenvalue weighted by molar-refractivity contribution is -0.142. The molecule has 1 unspecified atom stereocenters. The normalized spacial score (nSPS) is 29.2. The van der Waals surface area contributed by atoms with E-state index in [9.17, 15) is 4.79 Å². The van der Waals surface area contributed by atoms with Crippen molar-refractivity contribution in [2.24, 2.45) is 5.41 Å². The molecule has 7 rings (SSSR count). The van der Waals surface area contributed by atoms with Gasteiger partial charge in [-0.2, -0.15) is 11.1 Å². The molecule has 1 amide bonds. The van der Waals surface area contributed by atoms with Crippen molar-refractivity contribution in [3.8, 4) is 11.1 Å². The van der Waals surface area contributed by atoms with Crippen molar-refractivity contribution in [3.05, 3.63) is 53.6 Å². The van der Waals surface area contributed by atoms with Crippen LogP contribution in [-0.4, -0.2) is 49.8 Å². The molecule has 0 aromatic heterocycles. The first kappa shape index (κ1) is 22.7. The van der Waals surface area contributed by atoms with E-state index in [0.29, 0.717) is 11.3 Å². The van der Waals surface area contributed by atoms with Gasteiger partial charge in [0.05, 0.1) is 11.7 Å². The van der Waals surface area contributed by atoms with Gasteiger partial charge < -0.3 is 14.6 Å². The standard InChI is InChI=1S/C27H35N7O2/c1-33-22-15-19(8-9-20(22)24(30-33)25-28-31-32-29-25)17-4-6-18(7-5-17)21-16-27(21)10-12-34(13-11-27)26(35)23-3-2-14-36-23/h4-9,15,21,23-25,28-32H,2-3,10-14,16H2,1H3/t21-,23+,24?/m0/s1. The molecule has 2 aromatic rings. The van der Waals surface area contributed by atoms with Crippen molar-refractivity contribution >= 4 is 11.6 Å². The fourth-order valence-corrected chi connectivity index (χ4v) is 6.74. The van der Waals surface area contributed by atoms with Crippen molar-refractivity contribution in [2.45, 2.75) is 56.3 Å². The summed E-state index contributed by atoms with van der Waals surface area (Å²) in [7, 11) is 2.06. The molecule has 0 bridgehead atoms. The van der Waals surface area contributed by atoms with Crippen LogP contribution in [0.3, 0.4) is 0 Å². The molecular formula is C27H35N7O2. The number of carbonyl (C=O) groups is 1. The lowest BCUT2D eigenvalue weighted by atomic mass is 9.88. The topological polar surface area (TPSA) is 92.9 Å². The molecule has 9 nitrogen and oxygen atoms in total. The molecule has 4 fully saturated rings. The molecule has 0 radical (unpaired) electrons. The second kappa shape index (κ2) is 8.79. The number of hydrazine groups is 4. The third kappa shape index (κ3) is 3.82. The quantitative estimate of drug-likeness (QED) is 0.446. The number of hydrogen-bond acceptors (Lipinski definition) is 8. The van der Waals surface area contributed by atoms with Gasteiger partial charge in [-0.1, -0.05) is 36.4 Å². The van der Waals surface area contributed by atoms with Crippen LogP contribution in [0.2, 0.25) is 0 Å². The summed E-state index contributed by atoms with van der Waals surface area (Å²) in [5.74, 6) is 0.839. The predicted octanol–water partition coefficient (Wildman–Crippen LogP) is 2.07. The molecule has 5 N–H and O–H groups in total. The molecule has 1 saturated carbocycles. The summed E-state index contributed by atoms with van der Waals surface area (Å²) in [6.07, 6.45) is 5.22. The molecule has 1 aliphatic carbocycles. The number of rotatable bonds is 4. The summed E-state index contributed by atoms with van der Waals surface area (Å²) in [4.78, 5) is 14.8. The molecule has 5 aliphatic rings. The van der Waals surface area contributed by atoms with Gasteiger partial charge in [0.1, 0.15) is 12.3 Å². The van der Waals surface area contributed by atoms with Crippen LogP contribution in [0.15, 0.2) is 42.5 Å². The van der Waals surface area contributed by atoms with Gasteiger partial charge in [-0.05, 0) is 71.8 Å². The van der Waals surface area contributed by atoms with Crippen LogP contribution in [0.25, 0.3) is 11.1 Å². The molecule has 36 heavy (non-hydrogen) atoms. The van der Waals surface area contributed by atoms with E-state index in [-0.39, 0.29) is 24.2 Å². The summed E-state index contributed by atoms with van der Waals surface area (Å²) < 4.78 is 5.62. The number of anilines is 1. The van der Waals surface area contributed by atoms with E-state index < -0.39 is 0 Å². The molecule has 4 heterocycles. The van der Waals surface area contributed by atoms with Gasteiger partial charge in [0.15, 0.2) is 0 Å². The Balaban J connectivity index is 1.01. The summed E-state index contributed by atoms with van der Waals surface area (Å²) in [5, 5.41) is 2.10. The number of fused-ring (bicyclic) bond motifs is 1. The highest BCUT2D eigenvalue weighted by atomic mass is 16.5. The van der Waals surface area contributed by atoms with E-state index in [1.807, 2.05) is 0 Å². The molecule has 9 heteroatoms. The zero-order valence-corrected chi connectivity index (χ0v) is 20.7. The fraction of sp³-hybridized carbons (Fsp3) is 0.519. The molecule has 1 spiro atoms. The monoisotopic (exact) mass is 489 g/mol.